The van der Waals surface area contributed by atoms with Crippen molar-refractivity contribution in [1.29, 1.82) is 0 Å². The van der Waals surface area contributed by atoms with E-state index in [0.29, 0.717) is 39.4 Å². The second-order valence-corrected chi connectivity index (χ2v) is 11.6. The normalized spacial score (nSPS) is 22.2. The molecule has 3 aromatic carbocycles. The van der Waals surface area contributed by atoms with E-state index in [1.54, 1.807) is 60.7 Å². The van der Waals surface area contributed by atoms with Crippen molar-refractivity contribution in [2.75, 3.05) is 19.1 Å². The maximum absolute atomic E-state index is 14.7. The number of para-hydroxylation sites is 1. The van der Waals surface area contributed by atoms with Crippen LogP contribution in [0.5, 0.6) is 11.5 Å². The molecular weight excluding hydrogens is 509 g/mol. The molecule has 6 nitrogen and oxygen atoms in total. The molecule has 3 aliphatic rings. The molecule has 0 N–H and O–H groups in total. The van der Waals surface area contributed by atoms with Crippen molar-refractivity contribution in [2.45, 2.75) is 38.8 Å². The largest absolute Gasteiger partial charge is 0.493 e. The molecule has 1 aliphatic carbocycles. The van der Waals surface area contributed by atoms with Crippen molar-refractivity contribution in [3.05, 3.63) is 94.8 Å². The van der Waals surface area contributed by atoms with Crippen LogP contribution in [0.3, 0.4) is 0 Å². The number of hydrogen-bond acceptors (Lipinski definition) is 6. The zero-order valence-electron chi connectivity index (χ0n) is 23.0. The van der Waals surface area contributed by atoms with E-state index in [1.807, 2.05) is 25.7 Å². The monoisotopic (exact) mass is 539 g/mol. The van der Waals surface area contributed by atoms with Crippen LogP contribution >= 0.6 is 0 Å². The summed E-state index contributed by atoms with van der Waals surface area (Å²) in [6, 6.07) is 14.8. The highest BCUT2D eigenvalue weighted by molar-refractivity contribution is 6.32. The summed E-state index contributed by atoms with van der Waals surface area (Å²) in [7, 11) is 3.02. The van der Waals surface area contributed by atoms with Gasteiger partial charge in [0.25, 0.3) is 0 Å². The molecule has 2 heterocycles. The Labute approximate surface area is 232 Å². The van der Waals surface area contributed by atoms with Gasteiger partial charge in [0.15, 0.2) is 28.8 Å². The number of Topliss-reactive ketones (excluding diaryl/α,β-unsaturated/α-hetero) is 3. The zero-order valence-corrected chi connectivity index (χ0v) is 23.0. The standard InChI is InChI=1S/C33H30FNO5/c1-32(2,3)31(38)27-26(22-11-8-12-24(39-4)28(22)40-5)33(29(36)20-9-6-7-10-21(20)30(33)37)25-16-13-18-17-19(34)14-15-23(18)35(25)27/h6-17,25-27H,1-5H3/t25-,26-,27+/m0/s1. The average Bonchev–Trinajstić information content (AvgIpc) is 3.37. The van der Waals surface area contributed by atoms with Crippen LogP contribution in [0.2, 0.25) is 0 Å². The van der Waals surface area contributed by atoms with Crippen molar-refractivity contribution in [1.82, 2.24) is 0 Å². The number of benzene rings is 3. The number of halogens is 1. The van der Waals surface area contributed by atoms with Crippen LogP contribution in [0.4, 0.5) is 10.1 Å². The summed E-state index contributed by atoms with van der Waals surface area (Å²) in [5.41, 5.74) is -0.126. The fourth-order valence-corrected chi connectivity index (χ4v) is 6.89. The van der Waals surface area contributed by atoms with Gasteiger partial charge in [0, 0.05) is 39.3 Å². The Hall–Kier alpha value is -4.26. The first-order chi connectivity index (χ1) is 19.1. The van der Waals surface area contributed by atoms with Gasteiger partial charge in [-0.25, -0.2) is 4.39 Å². The second-order valence-electron chi connectivity index (χ2n) is 11.6. The van der Waals surface area contributed by atoms with Crippen LogP contribution in [0.1, 0.15) is 58.5 Å². The third-order valence-corrected chi connectivity index (χ3v) is 8.54. The van der Waals surface area contributed by atoms with Crippen molar-refractivity contribution >= 4 is 29.1 Å². The predicted octanol–water partition coefficient (Wildman–Crippen LogP) is 5.89. The highest BCUT2D eigenvalue weighted by Gasteiger charge is 2.72. The van der Waals surface area contributed by atoms with Gasteiger partial charge < -0.3 is 14.4 Å². The van der Waals surface area contributed by atoms with Crippen LogP contribution in [-0.2, 0) is 4.79 Å². The minimum absolute atomic E-state index is 0.147. The Balaban J connectivity index is 1.74. The van der Waals surface area contributed by atoms with E-state index in [1.165, 1.54) is 26.4 Å². The van der Waals surface area contributed by atoms with Crippen molar-refractivity contribution < 1.29 is 28.2 Å². The van der Waals surface area contributed by atoms with Crippen molar-refractivity contribution in [3.8, 4) is 11.5 Å². The van der Waals surface area contributed by atoms with Gasteiger partial charge in [-0.15, -0.1) is 0 Å². The molecule has 0 radical (unpaired) electrons. The zero-order chi connectivity index (χ0) is 28.6. The van der Waals surface area contributed by atoms with Gasteiger partial charge in [-0.3, -0.25) is 14.4 Å². The van der Waals surface area contributed by atoms with Gasteiger partial charge in [0.1, 0.15) is 11.2 Å². The predicted molar refractivity (Wildman–Crippen MR) is 150 cm³/mol. The second kappa shape index (κ2) is 8.88. The van der Waals surface area contributed by atoms with E-state index < -0.39 is 34.6 Å². The summed E-state index contributed by atoms with van der Waals surface area (Å²) in [6.45, 7) is 5.48. The number of methoxy groups -OCH3 is 2. The molecular formula is C33H30FNO5. The lowest BCUT2D eigenvalue weighted by molar-refractivity contribution is -0.127. The number of nitrogens with zero attached hydrogens (tertiary/aromatic N) is 1. The first kappa shape index (κ1) is 26.0. The Kier molecular flexibility index (Phi) is 5.77. The molecule has 1 fully saturated rings. The van der Waals surface area contributed by atoms with Gasteiger partial charge in [0.05, 0.1) is 26.3 Å². The third kappa shape index (κ3) is 3.30. The minimum atomic E-state index is -1.67. The molecule has 0 amide bonds. The van der Waals surface area contributed by atoms with Gasteiger partial charge in [-0.05, 0) is 24.3 Å². The molecule has 204 valence electrons. The summed E-state index contributed by atoms with van der Waals surface area (Å²) in [4.78, 5) is 45.8. The van der Waals surface area contributed by atoms with E-state index in [4.69, 9.17) is 9.47 Å². The number of carbonyl (C=O) groups excluding carboxylic acids is 3. The molecule has 1 spiro atoms. The lowest BCUT2D eigenvalue weighted by atomic mass is 9.63. The van der Waals surface area contributed by atoms with Crippen molar-refractivity contribution in [3.63, 3.8) is 0 Å². The molecule has 7 heteroatoms. The number of hydrogen-bond donors (Lipinski definition) is 0. The van der Waals surface area contributed by atoms with Crippen LogP contribution < -0.4 is 14.4 Å². The van der Waals surface area contributed by atoms with Crippen molar-refractivity contribution in [2.24, 2.45) is 10.8 Å². The van der Waals surface area contributed by atoms with Gasteiger partial charge >= 0.3 is 0 Å². The number of ether oxygens (including phenoxy) is 2. The third-order valence-electron chi connectivity index (χ3n) is 8.54. The molecule has 0 bridgehead atoms. The Bertz CT molecular complexity index is 1580. The highest BCUT2D eigenvalue weighted by Crippen LogP contribution is 2.62. The molecule has 0 aromatic heterocycles. The SMILES string of the molecule is COc1cccc([C@H]2[C@H](C(=O)C(C)(C)C)N3c4ccc(F)cc4C=C[C@H]3C23C(=O)c2ccccc2C3=O)c1OC. The molecule has 6 rings (SSSR count). The van der Waals surface area contributed by atoms with E-state index >= 15 is 0 Å². The molecule has 0 saturated carbocycles. The minimum Gasteiger partial charge on any atom is -0.493 e. The quantitative estimate of drug-likeness (QED) is 0.385. The van der Waals surface area contributed by atoms with Gasteiger partial charge in [-0.1, -0.05) is 69.3 Å². The van der Waals surface area contributed by atoms with E-state index in [0.717, 1.165) is 0 Å². The lowest BCUT2D eigenvalue weighted by Crippen LogP contribution is -2.49. The Morgan fingerprint density at radius 3 is 2.20 bits per heavy atom. The maximum Gasteiger partial charge on any atom is 0.180 e. The van der Waals surface area contributed by atoms with E-state index in [-0.39, 0.29) is 17.3 Å². The highest BCUT2D eigenvalue weighted by atomic mass is 19.1. The first-order valence-corrected chi connectivity index (χ1v) is 13.3. The van der Waals surface area contributed by atoms with Gasteiger partial charge in [0.2, 0.25) is 0 Å². The first-order valence-electron chi connectivity index (χ1n) is 13.3. The lowest BCUT2D eigenvalue weighted by Gasteiger charge is -2.38. The molecule has 2 aliphatic heterocycles. The van der Waals surface area contributed by atoms with Crippen LogP contribution in [0, 0.1) is 16.6 Å². The number of ketones is 3. The van der Waals surface area contributed by atoms with Crippen LogP contribution in [0.15, 0.2) is 66.7 Å². The average molecular weight is 540 g/mol. The van der Waals surface area contributed by atoms with Gasteiger partial charge in [-0.2, -0.15) is 0 Å². The number of fused-ring (bicyclic) bond motifs is 5. The Morgan fingerprint density at radius 2 is 1.60 bits per heavy atom. The number of rotatable bonds is 4. The molecule has 40 heavy (non-hydrogen) atoms. The Morgan fingerprint density at radius 1 is 0.925 bits per heavy atom. The van der Waals surface area contributed by atoms with Crippen LogP contribution in [0.25, 0.3) is 6.08 Å². The fraction of sp³-hybridized carbons (Fsp3) is 0.303. The summed E-state index contributed by atoms with van der Waals surface area (Å²) < 4.78 is 25.8. The van der Waals surface area contributed by atoms with E-state index in [9.17, 15) is 18.8 Å². The molecule has 3 atom stereocenters. The van der Waals surface area contributed by atoms with E-state index in [2.05, 4.69) is 0 Å². The summed E-state index contributed by atoms with van der Waals surface area (Å²) in [5, 5.41) is 0. The number of carbonyl (C=O) groups is 3. The summed E-state index contributed by atoms with van der Waals surface area (Å²) in [6.07, 6.45) is 3.52. The summed E-state index contributed by atoms with van der Waals surface area (Å²) >= 11 is 0. The fourth-order valence-electron chi connectivity index (χ4n) is 6.89. The molecule has 3 aromatic rings. The van der Waals surface area contributed by atoms with Crippen LogP contribution in [-0.4, -0.2) is 43.7 Å². The molecule has 1 saturated heterocycles. The smallest absolute Gasteiger partial charge is 0.180 e. The number of anilines is 1. The maximum atomic E-state index is 14.7. The summed E-state index contributed by atoms with van der Waals surface area (Å²) in [5.74, 6) is -1.37. The molecule has 0 unspecified atom stereocenters. The topological polar surface area (TPSA) is 72.9 Å².